The number of anilines is 2. The van der Waals surface area contributed by atoms with Crippen molar-refractivity contribution in [3.05, 3.63) is 46.9 Å². The van der Waals surface area contributed by atoms with Crippen LogP contribution in [0, 0.1) is 13.8 Å². The number of hydrogen-bond acceptors (Lipinski definition) is 5. The zero-order valence-electron chi connectivity index (χ0n) is 16.7. The van der Waals surface area contributed by atoms with Gasteiger partial charge >= 0.3 is 0 Å². The van der Waals surface area contributed by atoms with Crippen molar-refractivity contribution >= 4 is 17.4 Å². The van der Waals surface area contributed by atoms with E-state index < -0.39 is 0 Å². The summed E-state index contributed by atoms with van der Waals surface area (Å²) in [6.45, 7) is 12.5. The molecule has 0 spiro atoms. The maximum absolute atomic E-state index is 12.9. The number of nitrogens with zero attached hydrogens (tertiary/aromatic N) is 4. The van der Waals surface area contributed by atoms with Crippen LogP contribution in [0.3, 0.4) is 0 Å². The molecule has 0 saturated carbocycles. The third kappa shape index (κ3) is 4.45. The lowest BCUT2D eigenvalue weighted by Crippen LogP contribution is -2.48. The van der Waals surface area contributed by atoms with Crippen molar-refractivity contribution < 1.29 is 4.79 Å². The molecule has 1 fully saturated rings. The highest BCUT2D eigenvalue weighted by Crippen LogP contribution is 2.25. The third-order valence-electron chi connectivity index (χ3n) is 5.16. The molecule has 6 nitrogen and oxygen atoms in total. The van der Waals surface area contributed by atoms with Gasteiger partial charge < -0.3 is 15.1 Å². The van der Waals surface area contributed by atoms with Gasteiger partial charge in [-0.25, -0.2) is 9.97 Å². The molecule has 3 rings (SSSR count). The average Bonchev–Trinajstić information content (AvgIpc) is 2.68. The Morgan fingerprint density at radius 3 is 2.52 bits per heavy atom. The smallest absolute Gasteiger partial charge is 0.272 e. The van der Waals surface area contributed by atoms with Crippen molar-refractivity contribution in [2.75, 3.05) is 38.0 Å². The fraction of sp³-hybridized carbons (Fsp3) is 0.476. The summed E-state index contributed by atoms with van der Waals surface area (Å²) in [7, 11) is 0. The van der Waals surface area contributed by atoms with Crippen LogP contribution in [0.5, 0.6) is 0 Å². The van der Waals surface area contributed by atoms with Gasteiger partial charge in [0.15, 0.2) is 0 Å². The number of nitrogens with one attached hydrogen (secondary N) is 1. The van der Waals surface area contributed by atoms with Gasteiger partial charge in [-0.2, -0.15) is 0 Å². The molecule has 0 atom stereocenters. The summed E-state index contributed by atoms with van der Waals surface area (Å²) >= 11 is 0. The molecule has 2 heterocycles. The second-order valence-electron chi connectivity index (χ2n) is 7.00. The van der Waals surface area contributed by atoms with Crippen molar-refractivity contribution in [2.24, 2.45) is 0 Å². The van der Waals surface area contributed by atoms with E-state index in [1.54, 1.807) is 6.07 Å². The first-order valence-corrected chi connectivity index (χ1v) is 9.74. The standard InChI is InChI=1S/C21H29N5O/c1-5-17-9-7-8-15(3)20(17)24-19-14-18(22-16(4)23-19)21(27)26-12-10-25(6-2)11-13-26/h7-9,14H,5-6,10-13H2,1-4H3,(H,22,23,24). The Kier molecular flexibility index (Phi) is 6.06. The van der Waals surface area contributed by atoms with Gasteiger partial charge in [0.1, 0.15) is 17.3 Å². The second-order valence-corrected chi connectivity index (χ2v) is 7.00. The number of aryl methyl sites for hydroxylation is 3. The van der Waals surface area contributed by atoms with Crippen LogP contribution >= 0.6 is 0 Å². The largest absolute Gasteiger partial charge is 0.340 e. The minimum absolute atomic E-state index is 0.0141. The first kappa shape index (κ1) is 19.3. The van der Waals surface area contributed by atoms with Gasteiger partial charge in [0.2, 0.25) is 0 Å². The molecule has 1 saturated heterocycles. The van der Waals surface area contributed by atoms with E-state index in [9.17, 15) is 4.79 Å². The average molecular weight is 367 g/mol. The minimum atomic E-state index is -0.0141. The Morgan fingerprint density at radius 1 is 1.11 bits per heavy atom. The van der Waals surface area contributed by atoms with Crippen molar-refractivity contribution in [2.45, 2.75) is 34.1 Å². The van der Waals surface area contributed by atoms with Gasteiger partial charge in [-0.3, -0.25) is 4.79 Å². The summed E-state index contributed by atoms with van der Waals surface area (Å²) in [6, 6.07) is 8.03. The van der Waals surface area contributed by atoms with Crippen LogP contribution in [0.1, 0.15) is 41.3 Å². The highest BCUT2D eigenvalue weighted by atomic mass is 16.2. The lowest BCUT2D eigenvalue weighted by Gasteiger charge is -2.33. The van der Waals surface area contributed by atoms with Gasteiger partial charge in [-0.1, -0.05) is 32.0 Å². The fourth-order valence-electron chi connectivity index (χ4n) is 3.50. The van der Waals surface area contributed by atoms with E-state index in [1.165, 1.54) is 5.56 Å². The van der Waals surface area contributed by atoms with E-state index >= 15 is 0 Å². The van der Waals surface area contributed by atoms with E-state index in [0.717, 1.165) is 50.4 Å². The molecule has 1 aliphatic heterocycles. The predicted octanol–water partition coefficient (Wildman–Crippen LogP) is 3.18. The van der Waals surface area contributed by atoms with E-state index in [4.69, 9.17) is 0 Å². The Labute approximate surface area is 161 Å². The van der Waals surface area contributed by atoms with Gasteiger partial charge in [-0.05, 0) is 37.9 Å². The molecule has 0 radical (unpaired) electrons. The molecule has 1 aromatic heterocycles. The Hall–Kier alpha value is -2.47. The van der Waals surface area contributed by atoms with Crippen LogP contribution in [0.2, 0.25) is 0 Å². The summed E-state index contributed by atoms with van der Waals surface area (Å²) in [5.41, 5.74) is 3.92. The lowest BCUT2D eigenvalue weighted by molar-refractivity contribution is 0.0637. The van der Waals surface area contributed by atoms with E-state index in [2.05, 4.69) is 59.2 Å². The van der Waals surface area contributed by atoms with Crippen LogP contribution < -0.4 is 5.32 Å². The highest BCUT2D eigenvalue weighted by Gasteiger charge is 2.23. The SMILES string of the molecule is CCc1cccc(C)c1Nc1cc(C(=O)N2CCN(CC)CC2)nc(C)n1. The van der Waals surface area contributed by atoms with Crippen LogP contribution in [-0.2, 0) is 6.42 Å². The second kappa shape index (κ2) is 8.48. The van der Waals surface area contributed by atoms with Gasteiger partial charge in [0, 0.05) is 37.9 Å². The lowest BCUT2D eigenvalue weighted by atomic mass is 10.1. The molecular weight excluding hydrogens is 338 g/mol. The third-order valence-corrected chi connectivity index (χ3v) is 5.16. The molecule has 6 heteroatoms. The maximum Gasteiger partial charge on any atom is 0.272 e. The molecule has 0 bridgehead atoms. The number of rotatable bonds is 5. The first-order chi connectivity index (χ1) is 13.0. The number of amides is 1. The van der Waals surface area contributed by atoms with Crippen molar-refractivity contribution in [1.29, 1.82) is 0 Å². The number of carbonyl (C=O) groups excluding carboxylic acids is 1. The molecule has 2 aromatic rings. The topological polar surface area (TPSA) is 61.4 Å². The van der Waals surface area contributed by atoms with Gasteiger partial charge in [-0.15, -0.1) is 0 Å². The number of carbonyl (C=O) groups is 1. The van der Waals surface area contributed by atoms with Crippen LogP contribution in [-0.4, -0.2) is 58.4 Å². The summed E-state index contributed by atoms with van der Waals surface area (Å²) in [4.78, 5) is 26.1. The van der Waals surface area contributed by atoms with Crippen molar-refractivity contribution in [1.82, 2.24) is 19.8 Å². The van der Waals surface area contributed by atoms with E-state index in [1.807, 2.05) is 11.8 Å². The van der Waals surface area contributed by atoms with Crippen LogP contribution in [0.4, 0.5) is 11.5 Å². The van der Waals surface area contributed by atoms with Gasteiger partial charge in [0.25, 0.3) is 5.91 Å². The molecule has 0 aliphatic carbocycles. The molecule has 1 amide bonds. The Morgan fingerprint density at radius 2 is 1.85 bits per heavy atom. The van der Waals surface area contributed by atoms with E-state index in [0.29, 0.717) is 17.3 Å². The number of para-hydroxylation sites is 1. The highest BCUT2D eigenvalue weighted by molar-refractivity contribution is 5.93. The first-order valence-electron chi connectivity index (χ1n) is 9.74. The molecule has 0 unspecified atom stereocenters. The number of piperazine rings is 1. The molecule has 27 heavy (non-hydrogen) atoms. The summed E-state index contributed by atoms with van der Waals surface area (Å²) < 4.78 is 0. The molecule has 1 N–H and O–H groups in total. The van der Waals surface area contributed by atoms with E-state index in [-0.39, 0.29) is 5.91 Å². The Bertz CT molecular complexity index is 812. The monoisotopic (exact) mass is 367 g/mol. The van der Waals surface area contributed by atoms with Crippen molar-refractivity contribution in [3.8, 4) is 0 Å². The van der Waals surface area contributed by atoms with Crippen LogP contribution in [0.15, 0.2) is 24.3 Å². The Balaban J connectivity index is 1.82. The zero-order chi connectivity index (χ0) is 19.4. The van der Waals surface area contributed by atoms with Crippen LogP contribution in [0.25, 0.3) is 0 Å². The summed E-state index contributed by atoms with van der Waals surface area (Å²) in [5, 5.41) is 3.42. The molecule has 1 aliphatic rings. The molecular formula is C21H29N5O. The molecule has 1 aromatic carbocycles. The molecule has 144 valence electrons. The summed E-state index contributed by atoms with van der Waals surface area (Å²) in [5.74, 6) is 1.25. The summed E-state index contributed by atoms with van der Waals surface area (Å²) in [6.07, 6.45) is 0.932. The number of benzene rings is 1. The maximum atomic E-state index is 12.9. The fourth-order valence-corrected chi connectivity index (χ4v) is 3.50. The van der Waals surface area contributed by atoms with Gasteiger partial charge in [0.05, 0.1) is 0 Å². The van der Waals surface area contributed by atoms with Crippen molar-refractivity contribution in [3.63, 3.8) is 0 Å². The number of aromatic nitrogens is 2. The number of likely N-dealkylation sites (N-methyl/N-ethyl adjacent to an activating group) is 1. The normalized spacial score (nSPS) is 15.0. The quantitative estimate of drug-likeness (QED) is 0.879. The number of hydrogen-bond donors (Lipinski definition) is 1. The zero-order valence-corrected chi connectivity index (χ0v) is 16.7. The predicted molar refractivity (Wildman–Crippen MR) is 109 cm³/mol. The minimum Gasteiger partial charge on any atom is -0.340 e.